The van der Waals surface area contributed by atoms with Gasteiger partial charge in [0.1, 0.15) is 12.3 Å². The predicted molar refractivity (Wildman–Crippen MR) is 136 cm³/mol. The van der Waals surface area contributed by atoms with Crippen molar-refractivity contribution in [1.82, 2.24) is 4.90 Å². The molecule has 2 saturated heterocycles. The van der Waals surface area contributed by atoms with E-state index in [4.69, 9.17) is 15.2 Å². The van der Waals surface area contributed by atoms with Crippen LogP contribution < -0.4 is 15.4 Å². The molecule has 8 nitrogen and oxygen atoms in total. The van der Waals surface area contributed by atoms with Crippen molar-refractivity contribution in [2.75, 3.05) is 35.1 Å². The van der Waals surface area contributed by atoms with Gasteiger partial charge in [-0.1, -0.05) is 0 Å². The molecule has 14 heteroatoms. The Labute approximate surface area is 232 Å². The van der Waals surface area contributed by atoms with Crippen molar-refractivity contribution in [2.24, 2.45) is 0 Å². The minimum absolute atomic E-state index is 0.0324. The van der Waals surface area contributed by atoms with Gasteiger partial charge >= 0.3 is 12.4 Å². The zero-order chi connectivity index (χ0) is 29.5. The molecular weight excluding hydrogens is 558 g/mol. The van der Waals surface area contributed by atoms with Gasteiger partial charge in [-0.3, -0.25) is 15.2 Å². The second kappa shape index (κ2) is 11.2. The van der Waals surface area contributed by atoms with Crippen molar-refractivity contribution < 1.29 is 46.3 Å². The monoisotopic (exact) mass is 588 g/mol. The number of carbonyl (C=O) groups is 1. The van der Waals surface area contributed by atoms with Gasteiger partial charge in [0.05, 0.1) is 23.3 Å². The summed E-state index contributed by atoms with van der Waals surface area (Å²) in [6.45, 7) is 0.944. The third-order valence-electron chi connectivity index (χ3n) is 8.09. The molecule has 3 aliphatic rings. The molecule has 2 aliphatic heterocycles. The van der Waals surface area contributed by atoms with E-state index in [1.807, 2.05) is 4.90 Å². The van der Waals surface area contributed by atoms with Crippen LogP contribution in [0.1, 0.15) is 43.2 Å². The highest BCUT2D eigenvalue weighted by atomic mass is 19.4. The van der Waals surface area contributed by atoms with E-state index in [0.29, 0.717) is 44.5 Å². The van der Waals surface area contributed by atoms with Gasteiger partial charge in [-0.25, -0.2) is 0 Å². The summed E-state index contributed by atoms with van der Waals surface area (Å²) in [6, 6.07) is 8.10. The molecule has 224 valence electrons. The van der Waals surface area contributed by atoms with Gasteiger partial charge in [-0.15, -0.1) is 5.23 Å². The molecule has 0 spiro atoms. The van der Waals surface area contributed by atoms with Crippen molar-refractivity contribution in [3.05, 3.63) is 53.6 Å². The summed E-state index contributed by atoms with van der Waals surface area (Å²) in [6.07, 6.45) is -6.12. The van der Waals surface area contributed by atoms with Crippen LogP contribution in [0.3, 0.4) is 0 Å². The van der Waals surface area contributed by atoms with E-state index >= 15 is 0 Å². The van der Waals surface area contributed by atoms with Crippen LogP contribution in [-0.4, -0.2) is 65.1 Å². The highest BCUT2D eigenvalue weighted by Gasteiger charge is 2.45. The Hall–Kier alpha value is -3.23. The highest BCUT2D eigenvalue weighted by Crippen LogP contribution is 2.39. The number of halogens is 6. The molecule has 2 heterocycles. The third-order valence-corrected chi connectivity index (χ3v) is 8.09. The number of hydrogen-bond acceptors (Lipinski definition) is 7. The average molecular weight is 589 g/mol. The number of rotatable bonds is 7. The molecule has 2 bridgehead atoms. The number of piperazine rings is 1. The second-order valence-electron chi connectivity index (χ2n) is 10.7. The number of nitrogens with zero attached hydrogens (tertiary/aromatic N) is 3. The Morgan fingerprint density at radius 3 is 2.17 bits per heavy atom. The first kappa shape index (κ1) is 29.3. The zero-order valence-electron chi connectivity index (χ0n) is 21.8. The largest absolute Gasteiger partial charge is 0.418 e. The average Bonchev–Trinajstić information content (AvgIpc) is 3.53. The zero-order valence-corrected chi connectivity index (χ0v) is 21.8. The van der Waals surface area contributed by atoms with Gasteiger partial charge in [0.2, 0.25) is 5.91 Å². The van der Waals surface area contributed by atoms with Crippen LogP contribution in [0.25, 0.3) is 0 Å². The van der Waals surface area contributed by atoms with Crippen molar-refractivity contribution in [1.29, 1.82) is 0 Å². The maximum atomic E-state index is 13.3. The third kappa shape index (κ3) is 6.49. The summed E-state index contributed by atoms with van der Waals surface area (Å²) in [4.78, 5) is 16.7. The first-order chi connectivity index (χ1) is 19.3. The normalized spacial score (nSPS) is 24.6. The van der Waals surface area contributed by atoms with E-state index < -0.39 is 34.4 Å². The van der Waals surface area contributed by atoms with E-state index in [2.05, 4.69) is 5.32 Å². The number of alkyl halides is 6. The van der Waals surface area contributed by atoms with E-state index in [1.54, 1.807) is 4.90 Å². The standard InChI is InChI=1S/C27H30F6N4O4/c28-26(29,30)16-1-6-19(7-2-16)35-13-21-12-20(35)14-36(21)25(38)15-41-22-8-3-17(4-9-22)34-18-5-10-24(37(39)40)23(11-18)27(31,32)33/h1-2,5-7,10-11,17,20-22,34,39-40H,3-4,8-9,12-15H2. The molecule has 2 unspecified atom stereocenters. The highest BCUT2D eigenvalue weighted by molar-refractivity contribution is 5.79. The summed E-state index contributed by atoms with van der Waals surface area (Å²) >= 11 is 0. The lowest BCUT2D eigenvalue weighted by atomic mass is 9.92. The maximum absolute atomic E-state index is 13.3. The topological polar surface area (TPSA) is 88.5 Å². The van der Waals surface area contributed by atoms with Crippen LogP contribution in [0.2, 0.25) is 0 Å². The van der Waals surface area contributed by atoms with Crippen molar-refractivity contribution in [3.8, 4) is 0 Å². The van der Waals surface area contributed by atoms with E-state index in [-0.39, 0.29) is 42.4 Å². The molecule has 41 heavy (non-hydrogen) atoms. The smallest absolute Gasteiger partial charge is 0.382 e. The molecule has 2 aromatic rings. The Balaban J connectivity index is 1.07. The summed E-state index contributed by atoms with van der Waals surface area (Å²) < 4.78 is 84.4. The number of nitrogens with one attached hydrogen (secondary N) is 1. The molecule has 1 amide bonds. The van der Waals surface area contributed by atoms with Gasteiger partial charge in [-0.05, 0) is 74.6 Å². The molecular formula is C27H30F6N4O4. The van der Waals surface area contributed by atoms with Crippen LogP contribution in [0.5, 0.6) is 0 Å². The molecule has 1 aliphatic carbocycles. The number of anilines is 3. The predicted octanol–water partition coefficient (Wildman–Crippen LogP) is 5.54. The van der Waals surface area contributed by atoms with Gasteiger partial charge in [0.15, 0.2) is 0 Å². The Bertz CT molecular complexity index is 1230. The number of likely N-dealkylation sites (tertiary alicyclic amines) is 1. The SMILES string of the molecule is O=C(COC1CCC(Nc2ccc(N(O)O)c(C(F)(F)F)c2)CC1)N1CC2CC1CN2c1ccc(C(F)(F)F)cc1. The summed E-state index contributed by atoms with van der Waals surface area (Å²) in [5.41, 5.74) is -1.74. The lowest BCUT2D eigenvalue weighted by molar-refractivity contribution is -0.140. The first-order valence-corrected chi connectivity index (χ1v) is 13.3. The number of fused-ring (bicyclic) bond motifs is 2. The Morgan fingerprint density at radius 2 is 1.61 bits per heavy atom. The van der Waals surface area contributed by atoms with E-state index in [9.17, 15) is 31.1 Å². The molecule has 3 N–H and O–H groups in total. The lowest BCUT2D eigenvalue weighted by Gasteiger charge is -2.36. The van der Waals surface area contributed by atoms with E-state index in [1.165, 1.54) is 18.2 Å². The summed E-state index contributed by atoms with van der Waals surface area (Å²) in [7, 11) is 0. The first-order valence-electron chi connectivity index (χ1n) is 13.3. The number of amides is 1. The van der Waals surface area contributed by atoms with Crippen molar-refractivity contribution in [2.45, 2.75) is 68.7 Å². The summed E-state index contributed by atoms with van der Waals surface area (Å²) in [5.74, 6) is -0.133. The molecule has 1 saturated carbocycles. The quantitative estimate of drug-likeness (QED) is 0.289. The Kier molecular flexibility index (Phi) is 8.01. The number of carbonyl (C=O) groups excluding carboxylic acids is 1. The van der Waals surface area contributed by atoms with Crippen LogP contribution in [0.4, 0.5) is 43.4 Å². The summed E-state index contributed by atoms with van der Waals surface area (Å²) in [5, 5.41) is 20.7. The molecule has 0 radical (unpaired) electrons. The molecule has 2 atom stereocenters. The van der Waals surface area contributed by atoms with Gasteiger partial charge < -0.3 is 19.9 Å². The molecule has 2 aromatic carbocycles. The fraction of sp³-hybridized carbons (Fsp3) is 0.519. The second-order valence-corrected chi connectivity index (χ2v) is 10.7. The number of ether oxygens (including phenoxy) is 1. The minimum Gasteiger partial charge on any atom is -0.382 e. The fourth-order valence-corrected chi connectivity index (χ4v) is 6.04. The molecule has 0 aromatic heterocycles. The fourth-order valence-electron chi connectivity index (χ4n) is 6.04. The van der Waals surface area contributed by atoms with Crippen LogP contribution in [-0.2, 0) is 21.9 Å². The van der Waals surface area contributed by atoms with E-state index in [0.717, 1.165) is 30.7 Å². The lowest BCUT2D eigenvalue weighted by Crippen LogP contribution is -2.50. The molecule has 5 rings (SSSR count). The van der Waals surface area contributed by atoms with Gasteiger partial charge in [0, 0.05) is 36.5 Å². The van der Waals surface area contributed by atoms with Gasteiger partial charge in [-0.2, -0.15) is 26.3 Å². The Morgan fingerprint density at radius 1 is 0.927 bits per heavy atom. The number of hydrogen-bond donors (Lipinski definition) is 3. The van der Waals surface area contributed by atoms with Crippen molar-refractivity contribution >= 4 is 23.0 Å². The van der Waals surface area contributed by atoms with Crippen LogP contribution in [0, 0.1) is 0 Å². The number of benzene rings is 2. The maximum Gasteiger partial charge on any atom is 0.418 e. The minimum atomic E-state index is -4.77. The van der Waals surface area contributed by atoms with Crippen LogP contribution >= 0.6 is 0 Å². The van der Waals surface area contributed by atoms with Crippen LogP contribution in [0.15, 0.2) is 42.5 Å². The van der Waals surface area contributed by atoms with Gasteiger partial charge in [0.25, 0.3) is 0 Å². The van der Waals surface area contributed by atoms with Crippen molar-refractivity contribution in [3.63, 3.8) is 0 Å². The molecule has 3 fully saturated rings.